The van der Waals surface area contributed by atoms with Crippen LogP contribution in [0.4, 0.5) is 0 Å². The lowest BCUT2D eigenvalue weighted by Gasteiger charge is -2.02. The first-order valence-corrected chi connectivity index (χ1v) is 5.10. The third kappa shape index (κ3) is 2.00. The lowest BCUT2D eigenvalue weighted by molar-refractivity contribution is 0.101. The Morgan fingerprint density at radius 2 is 2.25 bits per heavy atom. The fourth-order valence-corrected chi connectivity index (χ4v) is 1.45. The number of Topliss-reactive ketones (excluding diaryl/α,β-unsaturated/α-hetero) is 1. The summed E-state index contributed by atoms with van der Waals surface area (Å²) in [6, 6.07) is 0. The van der Waals surface area contributed by atoms with Crippen molar-refractivity contribution in [3.05, 3.63) is 30.1 Å². The number of hydrogen-bond donors (Lipinski definition) is 0. The molecular weight excluding hydrogens is 206 g/mol. The number of carbonyl (C=O) groups is 1. The summed E-state index contributed by atoms with van der Waals surface area (Å²) >= 11 is 0. The van der Waals surface area contributed by atoms with E-state index in [0.717, 1.165) is 12.4 Å². The molecule has 84 valence electrons. The van der Waals surface area contributed by atoms with Crippen LogP contribution in [0.5, 0.6) is 0 Å². The first kappa shape index (κ1) is 10.5. The fourth-order valence-electron chi connectivity index (χ4n) is 1.45. The fraction of sp³-hybridized carbons (Fsp3) is 0.400. The molecule has 0 amide bonds. The van der Waals surface area contributed by atoms with E-state index < -0.39 is 0 Å². The smallest absolute Gasteiger partial charge is 0.162 e. The quantitative estimate of drug-likeness (QED) is 0.711. The zero-order valence-electron chi connectivity index (χ0n) is 9.29. The topological polar surface area (TPSA) is 65.6 Å². The van der Waals surface area contributed by atoms with Gasteiger partial charge in [-0.3, -0.25) is 9.48 Å². The van der Waals surface area contributed by atoms with E-state index in [1.165, 1.54) is 13.3 Å². The molecule has 0 aliphatic heterocycles. The first-order chi connectivity index (χ1) is 7.70. The molecule has 6 heteroatoms. The summed E-state index contributed by atoms with van der Waals surface area (Å²) in [5.74, 6) is 0.851. The maximum absolute atomic E-state index is 11.1. The van der Waals surface area contributed by atoms with Crippen LogP contribution in [0.3, 0.4) is 0 Å². The number of carbonyl (C=O) groups excluding carboxylic acids is 1. The summed E-state index contributed by atoms with van der Waals surface area (Å²) in [6.07, 6.45) is 4.81. The summed E-state index contributed by atoms with van der Waals surface area (Å²) in [5, 5.41) is 8.17. The minimum atomic E-state index is 0.0169. The second kappa shape index (κ2) is 4.26. The highest BCUT2D eigenvalue weighted by molar-refractivity contribution is 5.93. The molecule has 0 unspecified atom stereocenters. The van der Waals surface area contributed by atoms with Crippen molar-refractivity contribution in [3.8, 4) is 0 Å². The molecule has 0 radical (unpaired) electrons. The van der Waals surface area contributed by atoms with Crippen molar-refractivity contribution < 1.29 is 4.79 Å². The molecule has 2 heterocycles. The molecule has 0 N–H and O–H groups in total. The summed E-state index contributed by atoms with van der Waals surface area (Å²) in [5.41, 5.74) is 0.613. The monoisotopic (exact) mass is 219 g/mol. The van der Waals surface area contributed by atoms with Gasteiger partial charge >= 0.3 is 0 Å². The number of nitrogens with zero attached hydrogens (tertiary/aromatic N) is 5. The van der Waals surface area contributed by atoms with Crippen LogP contribution >= 0.6 is 0 Å². The molecule has 0 fully saturated rings. The van der Waals surface area contributed by atoms with Crippen LogP contribution in [0, 0.1) is 0 Å². The summed E-state index contributed by atoms with van der Waals surface area (Å²) in [7, 11) is 0. The largest absolute Gasteiger partial charge is 0.294 e. The van der Waals surface area contributed by atoms with E-state index in [0.29, 0.717) is 12.1 Å². The van der Waals surface area contributed by atoms with Gasteiger partial charge in [0.1, 0.15) is 18.7 Å². The number of rotatable bonds is 4. The molecule has 0 aliphatic rings. The Bertz CT molecular complexity index is 499. The normalized spacial score (nSPS) is 10.6. The van der Waals surface area contributed by atoms with E-state index >= 15 is 0 Å². The molecule has 2 rings (SSSR count). The minimum Gasteiger partial charge on any atom is -0.294 e. The van der Waals surface area contributed by atoms with Crippen LogP contribution in [-0.2, 0) is 13.1 Å². The van der Waals surface area contributed by atoms with Crippen molar-refractivity contribution >= 4 is 5.78 Å². The maximum Gasteiger partial charge on any atom is 0.162 e. The van der Waals surface area contributed by atoms with Crippen LogP contribution in [0.25, 0.3) is 0 Å². The second-order valence-electron chi connectivity index (χ2n) is 3.47. The Kier molecular flexibility index (Phi) is 2.80. The van der Waals surface area contributed by atoms with E-state index in [1.54, 1.807) is 21.8 Å². The zero-order valence-corrected chi connectivity index (χ0v) is 9.29. The van der Waals surface area contributed by atoms with Gasteiger partial charge in [0.15, 0.2) is 5.78 Å². The predicted molar refractivity (Wildman–Crippen MR) is 57.0 cm³/mol. The zero-order chi connectivity index (χ0) is 11.5. The van der Waals surface area contributed by atoms with Gasteiger partial charge in [0.2, 0.25) is 0 Å². The standard InChI is InChI=1S/C10H13N5O/c1-3-15-10(11-7-13-15)6-14-5-9(4-12-14)8(2)16/h4-5,7H,3,6H2,1-2H3. The Morgan fingerprint density at radius 3 is 2.88 bits per heavy atom. The third-order valence-corrected chi connectivity index (χ3v) is 2.34. The van der Waals surface area contributed by atoms with E-state index in [2.05, 4.69) is 15.2 Å². The molecule has 0 saturated carbocycles. The van der Waals surface area contributed by atoms with Gasteiger partial charge in [-0.05, 0) is 13.8 Å². The Hall–Kier alpha value is -1.98. The highest BCUT2D eigenvalue weighted by Crippen LogP contribution is 2.02. The number of aryl methyl sites for hydroxylation is 1. The van der Waals surface area contributed by atoms with Gasteiger partial charge in [-0.1, -0.05) is 0 Å². The van der Waals surface area contributed by atoms with Crippen molar-refractivity contribution in [1.82, 2.24) is 24.5 Å². The number of hydrogen-bond acceptors (Lipinski definition) is 4. The molecule has 0 bridgehead atoms. The van der Waals surface area contributed by atoms with Gasteiger partial charge in [-0.2, -0.15) is 10.2 Å². The Labute approximate surface area is 92.9 Å². The molecule has 16 heavy (non-hydrogen) atoms. The SMILES string of the molecule is CCn1ncnc1Cn1cc(C(C)=O)cn1. The van der Waals surface area contributed by atoms with Gasteiger partial charge in [0.25, 0.3) is 0 Å². The molecular formula is C10H13N5O. The van der Waals surface area contributed by atoms with Crippen LogP contribution in [-0.4, -0.2) is 30.3 Å². The molecule has 2 aromatic rings. The van der Waals surface area contributed by atoms with Gasteiger partial charge < -0.3 is 0 Å². The van der Waals surface area contributed by atoms with Crippen molar-refractivity contribution in [2.45, 2.75) is 26.9 Å². The average molecular weight is 219 g/mol. The minimum absolute atomic E-state index is 0.0169. The van der Waals surface area contributed by atoms with E-state index in [1.807, 2.05) is 6.92 Å². The van der Waals surface area contributed by atoms with Gasteiger partial charge in [-0.15, -0.1) is 0 Å². The van der Waals surface area contributed by atoms with E-state index in [9.17, 15) is 4.79 Å². The lowest BCUT2D eigenvalue weighted by atomic mass is 10.3. The van der Waals surface area contributed by atoms with Crippen molar-refractivity contribution in [3.63, 3.8) is 0 Å². The molecule has 0 aliphatic carbocycles. The molecule has 2 aromatic heterocycles. The highest BCUT2D eigenvalue weighted by Gasteiger charge is 2.06. The van der Waals surface area contributed by atoms with Crippen LogP contribution < -0.4 is 0 Å². The average Bonchev–Trinajstić information content (AvgIpc) is 2.87. The van der Waals surface area contributed by atoms with Gasteiger partial charge in [0, 0.05) is 12.7 Å². The molecule has 0 atom stereocenters. The van der Waals surface area contributed by atoms with Crippen LogP contribution in [0.15, 0.2) is 18.7 Å². The van der Waals surface area contributed by atoms with Crippen molar-refractivity contribution in [1.29, 1.82) is 0 Å². The van der Waals surface area contributed by atoms with Crippen LogP contribution in [0.2, 0.25) is 0 Å². The molecule has 6 nitrogen and oxygen atoms in total. The third-order valence-electron chi connectivity index (χ3n) is 2.34. The van der Waals surface area contributed by atoms with Crippen LogP contribution in [0.1, 0.15) is 30.0 Å². The molecule has 0 spiro atoms. The van der Waals surface area contributed by atoms with E-state index in [4.69, 9.17) is 0 Å². The van der Waals surface area contributed by atoms with Crippen molar-refractivity contribution in [2.75, 3.05) is 0 Å². The Balaban J connectivity index is 2.17. The summed E-state index contributed by atoms with van der Waals surface area (Å²) in [4.78, 5) is 15.2. The summed E-state index contributed by atoms with van der Waals surface area (Å²) < 4.78 is 3.49. The number of aromatic nitrogens is 5. The van der Waals surface area contributed by atoms with Crippen molar-refractivity contribution in [2.24, 2.45) is 0 Å². The maximum atomic E-state index is 11.1. The highest BCUT2D eigenvalue weighted by atomic mass is 16.1. The number of ketones is 1. The molecule has 0 saturated heterocycles. The van der Waals surface area contributed by atoms with Gasteiger partial charge in [0.05, 0.1) is 11.8 Å². The van der Waals surface area contributed by atoms with Gasteiger partial charge in [-0.25, -0.2) is 9.67 Å². The first-order valence-electron chi connectivity index (χ1n) is 5.10. The Morgan fingerprint density at radius 1 is 1.44 bits per heavy atom. The second-order valence-corrected chi connectivity index (χ2v) is 3.47. The van der Waals surface area contributed by atoms with E-state index in [-0.39, 0.29) is 5.78 Å². The predicted octanol–water partition coefficient (Wildman–Crippen LogP) is 0.745. The summed E-state index contributed by atoms with van der Waals surface area (Å²) in [6.45, 7) is 4.83. The molecule has 0 aromatic carbocycles. The lowest BCUT2D eigenvalue weighted by Crippen LogP contribution is -2.09.